The molecule has 3 heteroatoms. The Hall–Kier alpha value is -6.11. The van der Waals surface area contributed by atoms with Crippen LogP contribution < -0.4 is 4.90 Å². The van der Waals surface area contributed by atoms with Crippen LogP contribution in [-0.2, 0) is 10.8 Å². The molecular formula is C47H34N2O. The highest BCUT2D eigenvalue weighted by atomic mass is 16.3. The van der Waals surface area contributed by atoms with Crippen molar-refractivity contribution in [3.63, 3.8) is 0 Å². The second-order valence-electron chi connectivity index (χ2n) is 14.8. The van der Waals surface area contributed by atoms with E-state index in [-0.39, 0.29) is 10.8 Å². The van der Waals surface area contributed by atoms with Gasteiger partial charge in [0.2, 0.25) is 0 Å². The third-order valence-electron chi connectivity index (χ3n) is 11.5. The van der Waals surface area contributed by atoms with Gasteiger partial charge in [0.15, 0.2) is 11.3 Å². The summed E-state index contributed by atoms with van der Waals surface area (Å²) in [5, 5.41) is 4.58. The molecule has 238 valence electrons. The Balaban J connectivity index is 1.27. The fraction of sp³-hybridized carbons (Fsp3) is 0.128. The van der Waals surface area contributed by atoms with Gasteiger partial charge in [-0.25, -0.2) is 4.85 Å². The minimum atomic E-state index is -0.245. The van der Waals surface area contributed by atoms with Gasteiger partial charge in [-0.2, -0.15) is 0 Å². The van der Waals surface area contributed by atoms with Crippen molar-refractivity contribution in [3.8, 4) is 22.3 Å². The summed E-state index contributed by atoms with van der Waals surface area (Å²) in [7, 11) is 0. The topological polar surface area (TPSA) is 20.7 Å². The molecule has 0 radical (unpaired) electrons. The predicted molar refractivity (Wildman–Crippen MR) is 207 cm³/mol. The van der Waals surface area contributed by atoms with Crippen LogP contribution in [0.5, 0.6) is 0 Å². The van der Waals surface area contributed by atoms with E-state index < -0.39 is 0 Å². The van der Waals surface area contributed by atoms with Crippen LogP contribution in [0.1, 0.15) is 49.9 Å². The molecule has 0 amide bonds. The van der Waals surface area contributed by atoms with E-state index in [0.717, 1.165) is 39.0 Å². The van der Waals surface area contributed by atoms with Gasteiger partial charge in [-0.1, -0.05) is 119 Å². The molecule has 7 aromatic carbocycles. The molecule has 1 heterocycles. The number of anilines is 3. The molecule has 3 nitrogen and oxygen atoms in total. The second-order valence-corrected chi connectivity index (χ2v) is 14.8. The van der Waals surface area contributed by atoms with Crippen molar-refractivity contribution in [2.45, 2.75) is 38.5 Å². The molecule has 0 saturated heterocycles. The van der Waals surface area contributed by atoms with Crippen LogP contribution in [0.15, 0.2) is 138 Å². The molecule has 0 unspecified atom stereocenters. The van der Waals surface area contributed by atoms with Gasteiger partial charge in [0, 0.05) is 32.7 Å². The largest absolute Gasteiger partial charge is 0.454 e. The Morgan fingerprint density at radius 3 is 1.96 bits per heavy atom. The first kappa shape index (κ1) is 28.9. The summed E-state index contributed by atoms with van der Waals surface area (Å²) in [5.41, 5.74) is 15.9. The van der Waals surface area contributed by atoms with E-state index in [4.69, 9.17) is 11.0 Å². The van der Waals surface area contributed by atoms with Crippen molar-refractivity contribution in [2.75, 3.05) is 4.90 Å². The molecule has 50 heavy (non-hydrogen) atoms. The molecule has 1 aromatic heterocycles. The van der Waals surface area contributed by atoms with Crippen molar-refractivity contribution in [1.82, 2.24) is 0 Å². The van der Waals surface area contributed by atoms with E-state index in [2.05, 4.69) is 147 Å². The summed E-state index contributed by atoms with van der Waals surface area (Å²) in [5.74, 6) is 0. The molecule has 0 saturated carbocycles. The number of hydrogen-bond donors (Lipinski definition) is 0. The number of hydrogen-bond acceptors (Lipinski definition) is 2. The highest BCUT2D eigenvalue weighted by Gasteiger charge is 2.42. The summed E-state index contributed by atoms with van der Waals surface area (Å²) in [4.78, 5) is 6.03. The van der Waals surface area contributed by atoms with Crippen LogP contribution in [0, 0.1) is 6.57 Å². The number of benzene rings is 7. The quantitative estimate of drug-likeness (QED) is 0.179. The van der Waals surface area contributed by atoms with Crippen LogP contribution in [0.2, 0.25) is 0 Å². The van der Waals surface area contributed by atoms with E-state index in [1.165, 1.54) is 55.3 Å². The molecule has 0 fully saturated rings. The number of nitrogens with zero attached hydrogens (tertiary/aromatic N) is 2. The van der Waals surface area contributed by atoms with E-state index in [0.29, 0.717) is 5.69 Å². The molecule has 0 N–H and O–H groups in total. The molecule has 2 aliphatic rings. The molecule has 0 atom stereocenters. The van der Waals surface area contributed by atoms with E-state index in [1.807, 2.05) is 24.3 Å². The average Bonchev–Trinajstić information content (AvgIpc) is 3.71. The lowest BCUT2D eigenvalue weighted by Gasteiger charge is -2.30. The normalized spacial score (nSPS) is 14.7. The Bertz CT molecular complexity index is 2770. The fourth-order valence-corrected chi connectivity index (χ4v) is 8.93. The van der Waals surface area contributed by atoms with Crippen molar-refractivity contribution < 1.29 is 4.42 Å². The summed E-state index contributed by atoms with van der Waals surface area (Å²) in [6.07, 6.45) is 0. The zero-order valence-electron chi connectivity index (χ0n) is 28.5. The number of furan rings is 1. The van der Waals surface area contributed by atoms with E-state index in [1.54, 1.807) is 0 Å². The van der Waals surface area contributed by atoms with Crippen LogP contribution in [-0.4, -0.2) is 0 Å². The van der Waals surface area contributed by atoms with Gasteiger partial charge in [0.05, 0.1) is 17.9 Å². The number of fused-ring (bicyclic) bond motifs is 11. The zero-order valence-corrected chi connectivity index (χ0v) is 28.5. The SMILES string of the molecule is [C-]#[N+]c1ccc(N(c2cc3c(c4ccccc24)-c2cc4c(cc2C3(C)C)-c2ccccc2C4(C)C)c2cccc3c2oc2ccccc23)cc1. The van der Waals surface area contributed by atoms with Gasteiger partial charge in [-0.3, -0.25) is 0 Å². The minimum absolute atomic E-state index is 0.0802. The van der Waals surface area contributed by atoms with Crippen molar-refractivity contribution >= 4 is 55.5 Å². The van der Waals surface area contributed by atoms with Crippen LogP contribution >= 0.6 is 0 Å². The maximum absolute atomic E-state index is 7.63. The van der Waals surface area contributed by atoms with Gasteiger partial charge in [0.1, 0.15) is 5.58 Å². The molecule has 10 rings (SSSR count). The minimum Gasteiger partial charge on any atom is -0.454 e. The van der Waals surface area contributed by atoms with E-state index in [9.17, 15) is 0 Å². The molecule has 0 bridgehead atoms. The lowest BCUT2D eigenvalue weighted by atomic mass is 9.79. The molecule has 0 aliphatic heterocycles. The first-order valence-electron chi connectivity index (χ1n) is 17.3. The van der Waals surface area contributed by atoms with Gasteiger partial charge in [-0.05, 0) is 92.4 Å². The summed E-state index contributed by atoms with van der Waals surface area (Å²) in [6, 6.07) is 47.8. The Labute approximate surface area is 291 Å². The van der Waals surface area contributed by atoms with Crippen LogP contribution in [0.3, 0.4) is 0 Å². The zero-order chi connectivity index (χ0) is 33.9. The molecule has 0 spiro atoms. The van der Waals surface area contributed by atoms with Gasteiger partial charge in [0.25, 0.3) is 0 Å². The molecular weight excluding hydrogens is 609 g/mol. The maximum Gasteiger partial charge on any atom is 0.187 e. The highest BCUT2D eigenvalue weighted by molar-refractivity contribution is 6.14. The first-order chi connectivity index (χ1) is 24.3. The predicted octanol–water partition coefficient (Wildman–Crippen LogP) is 13.4. The third kappa shape index (κ3) is 3.74. The fourth-order valence-electron chi connectivity index (χ4n) is 8.93. The van der Waals surface area contributed by atoms with Crippen molar-refractivity contribution in [3.05, 3.63) is 167 Å². The smallest absolute Gasteiger partial charge is 0.187 e. The first-order valence-corrected chi connectivity index (χ1v) is 17.3. The Kier molecular flexibility index (Phi) is 5.75. The van der Waals surface area contributed by atoms with Crippen LogP contribution in [0.4, 0.5) is 22.7 Å². The summed E-state index contributed by atoms with van der Waals surface area (Å²) >= 11 is 0. The molecule has 8 aromatic rings. The standard InChI is InChI=1S/C47H34N2O/c1-46(2)37-18-10-8-13-30(37)35-25-39-36(26-38(35)46)44-33-16-7-6-14-31(33)42(27-40(44)47(39,3)4)49(29-23-21-28(48-5)22-24-29)41-19-12-17-34-32-15-9-11-20-43(32)50-45(34)41/h6-27H,1-4H3. The van der Waals surface area contributed by atoms with Gasteiger partial charge >= 0.3 is 0 Å². The Morgan fingerprint density at radius 1 is 0.520 bits per heavy atom. The lowest BCUT2D eigenvalue weighted by Crippen LogP contribution is -2.18. The number of para-hydroxylation sites is 2. The average molecular weight is 643 g/mol. The summed E-state index contributed by atoms with van der Waals surface area (Å²) in [6.45, 7) is 17.1. The third-order valence-corrected chi connectivity index (χ3v) is 11.5. The van der Waals surface area contributed by atoms with Crippen LogP contribution in [0.25, 0.3) is 59.8 Å². The highest BCUT2D eigenvalue weighted by Crippen LogP contribution is 2.59. The van der Waals surface area contributed by atoms with Crippen molar-refractivity contribution in [1.29, 1.82) is 0 Å². The summed E-state index contributed by atoms with van der Waals surface area (Å²) < 4.78 is 6.65. The van der Waals surface area contributed by atoms with Crippen molar-refractivity contribution in [2.24, 2.45) is 0 Å². The van der Waals surface area contributed by atoms with Gasteiger partial charge < -0.3 is 9.32 Å². The molecule has 2 aliphatic carbocycles. The Morgan fingerprint density at radius 2 is 1.16 bits per heavy atom. The monoisotopic (exact) mass is 642 g/mol. The number of rotatable bonds is 3. The lowest BCUT2D eigenvalue weighted by molar-refractivity contribution is 0.652. The van der Waals surface area contributed by atoms with E-state index >= 15 is 0 Å². The maximum atomic E-state index is 7.63. The van der Waals surface area contributed by atoms with Gasteiger partial charge in [-0.15, -0.1) is 0 Å². The second kappa shape index (κ2) is 9.97.